The lowest BCUT2D eigenvalue weighted by atomic mass is 9.95. The Bertz CT molecular complexity index is 1120. The summed E-state index contributed by atoms with van der Waals surface area (Å²) >= 11 is 0. The van der Waals surface area contributed by atoms with Crippen molar-refractivity contribution in [2.75, 3.05) is 44.7 Å². The average Bonchev–Trinajstić information content (AvgIpc) is 2.87. The number of rotatable bonds is 5. The van der Waals surface area contributed by atoms with Gasteiger partial charge in [0.05, 0.1) is 18.0 Å². The van der Waals surface area contributed by atoms with Crippen LogP contribution in [0.1, 0.15) is 35.7 Å². The molecule has 4 rings (SSSR count). The number of nitrogens with zero attached hydrogens (tertiary/aromatic N) is 4. The van der Waals surface area contributed by atoms with Crippen molar-refractivity contribution in [2.45, 2.75) is 32.7 Å². The fraction of sp³-hybridized carbons (Fsp3) is 0.462. The Hall–Kier alpha value is -3.62. The van der Waals surface area contributed by atoms with Gasteiger partial charge in [-0.25, -0.2) is 0 Å². The van der Waals surface area contributed by atoms with Crippen LogP contribution in [-0.4, -0.2) is 72.4 Å². The smallest absolute Gasteiger partial charge is 0.323 e. The first-order chi connectivity index (χ1) is 16.8. The minimum atomic E-state index is -0.590. The number of likely N-dealkylation sites (tertiary alicyclic amines) is 1. The van der Waals surface area contributed by atoms with E-state index in [0.29, 0.717) is 32.5 Å². The summed E-state index contributed by atoms with van der Waals surface area (Å²) in [4.78, 5) is 43.5. The molecule has 0 N–H and O–H groups in total. The van der Waals surface area contributed by atoms with Crippen LogP contribution in [0.15, 0.2) is 42.5 Å². The summed E-state index contributed by atoms with van der Waals surface area (Å²) in [6.07, 6.45) is 1.38. The van der Waals surface area contributed by atoms with Gasteiger partial charge in [-0.3, -0.25) is 19.7 Å². The van der Waals surface area contributed by atoms with Crippen molar-refractivity contribution in [1.82, 2.24) is 9.80 Å². The van der Waals surface area contributed by atoms with E-state index in [9.17, 15) is 19.7 Å². The summed E-state index contributed by atoms with van der Waals surface area (Å²) in [6.45, 7) is 6.93. The van der Waals surface area contributed by atoms with Gasteiger partial charge >= 0.3 is 5.69 Å². The van der Waals surface area contributed by atoms with Crippen molar-refractivity contribution >= 4 is 23.2 Å². The van der Waals surface area contributed by atoms with Crippen LogP contribution < -0.4 is 9.64 Å². The molecule has 2 atom stereocenters. The molecule has 2 amide bonds. The van der Waals surface area contributed by atoms with Crippen LogP contribution in [-0.2, 0) is 4.79 Å². The van der Waals surface area contributed by atoms with Crippen molar-refractivity contribution in [2.24, 2.45) is 5.92 Å². The number of nitro groups is 1. The number of nitro benzene ring substituents is 1. The largest absolute Gasteiger partial charge is 0.490 e. The standard InChI is InChI=1S/C26H32N4O5/c1-18-7-4-9-21(15-18)29-14-13-28(16-19(29)2)25(31)20-8-6-12-27(17-20)26(32)22-10-5-11-23(35-3)24(22)30(33)34/h4-5,7,9-11,15,19-20H,6,8,12-14,16-17H2,1-3H3. The van der Waals surface area contributed by atoms with Gasteiger partial charge in [-0.1, -0.05) is 18.2 Å². The molecule has 35 heavy (non-hydrogen) atoms. The lowest BCUT2D eigenvalue weighted by Gasteiger charge is -2.43. The van der Waals surface area contributed by atoms with Gasteiger partial charge in [0.15, 0.2) is 5.75 Å². The second kappa shape index (κ2) is 10.3. The van der Waals surface area contributed by atoms with Crippen LogP contribution in [0, 0.1) is 23.0 Å². The zero-order valence-corrected chi connectivity index (χ0v) is 20.5. The summed E-state index contributed by atoms with van der Waals surface area (Å²) in [7, 11) is 1.34. The SMILES string of the molecule is COc1cccc(C(=O)N2CCCC(C(=O)N3CCN(c4cccc(C)c4)C(C)C3)C2)c1[N+](=O)[O-]. The first-order valence-electron chi connectivity index (χ1n) is 12.0. The number of hydrogen-bond acceptors (Lipinski definition) is 6. The van der Waals surface area contributed by atoms with E-state index in [4.69, 9.17) is 4.74 Å². The van der Waals surface area contributed by atoms with Gasteiger partial charge in [-0.2, -0.15) is 0 Å². The molecule has 2 aliphatic heterocycles. The molecule has 9 heteroatoms. The third kappa shape index (κ3) is 5.08. The average molecular weight is 481 g/mol. The minimum absolute atomic E-state index is 0.0113. The van der Waals surface area contributed by atoms with E-state index in [2.05, 4.69) is 43.0 Å². The number of piperidine rings is 1. The van der Waals surface area contributed by atoms with Crippen LogP contribution in [0.2, 0.25) is 0 Å². The Kier molecular flexibility index (Phi) is 7.23. The molecular formula is C26H32N4O5. The molecule has 2 aliphatic rings. The zero-order chi connectivity index (χ0) is 25.1. The number of amides is 2. The molecule has 0 spiro atoms. The number of carbonyl (C=O) groups is 2. The first kappa shape index (κ1) is 24.5. The number of piperazine rings is 1. The third-order valence-electron chi connectivity index (χ3n) is 6.96. The van der Waals surface area contributed by atoms with Crippen molar-refractivity contribution in [3.05, 3.63) is 63.7 Å². The molecule has 0 aliphatic carbocycles. The van der Waals surface area contributed by atoms with E-state index in [0.717, 1.165) is 6.54 Å². The number of methoxy groups -OCH3 is 1. The summed E-state index contributed by atoms with van der Waals surface area (Å²) in [5.74, 6) is -0.648. The number of ether oxygens (including phenoxy) is 1. The topological polar surface area (TPSA) is 96.2 Å². The molecule has 2 aromatic rings. The maximum Gasteiger partial charge on any atom is 0.323 e. The minimum Gasteiger partial charge on any atom is -0.490 e. The maximum atomic E-state index is 13.4. The number of hydrogen-bond donors (Lipinski definition) is 0. The van der Waals surface area contributed by atoms with E-state index < -0.39 is 10.8 Å². The number of anilines is 1. The van der Waals surface area contributed by atoms with Gasteiger partial charge in [0.2, 0.25) is 5.91 Å². The molecule has 2 saturated heterocycles. The van der Waals surface area contributed by atoms with Crippen LogP contribution in [0.5, 0.6) is 5.75 Å². The van der Waals surface area contributed by atoms with E-state index in [1.165, 1.54) is 30.5 Å². The predicted molar refractivity (Wildman–Crippen MR) is 133 cm³/mol. The Morgan fingerprint density at radius 3 is 2.51 bits per heavy atom. The molecule has 0 saturated carbocycles. The van der Waals surface area contributed by atoms with Crippen molar-refractivity contribution < 1.29 is 19.2 Å². The second-order valence-corrected chi connectivity index (χ2v) is 9.37. The van der Waals surface area contributed by atoms with Crippen LogP contribution in [0.3, 0.4) is 0 Å². The summed E-state index contributed by atoms with van der Waals surface area (Å²) in [5, 5.41) is 11.6. The fourth-order valence-corrected chi connectivity index (χ4v) is 5.19. The van der Waals surface area contributed by atoms with Crippen LogP contribution in [0.25, 0.3) is 0 Å². The van der Waals surface area contributed by atoms with Gasteiger partial charge in [0, 0.05) is 44.5 Å². The van der Waals surface area contributed by atoms with Gasteiger partial charge in [-0.05, 0) is 56.5 Å². The van der Waals surface area contributed by atoms with Gasteiger partial charge in [0.25, 0.3) is 5.91 Å². The monoisotopic (exact) mass is 480 g/mol. The van der Waals surface area contributed by atoms with E-state index in [-0.39, 0.29) is 41.4 Å². The summed E-state index contributed by atoms with van der Waals surface area (Å²) < 4.78 is 5.10. The van der Waals surface area contributed by atoms with Crippen molar-refractivity contribution in [1.29, 1.82) is 0 Å². The Balaban J connectivity index is 1.44. The van der Waals surface area contributed by atoms with E-state index >= 15 is 0 Å². The lowest BCUT2D eigenvalue weighted by molar-refractivity contribution is -0.386. The zero-order valence-electron chi connectivity index (χ0n) is 20.5. The highest BCUT2D eigenvalue weighted by molar-refractivity contribution is 5.99. The van der Waals surface area contributed by atoms with Gasteiger partial charge < -0.3 is 19.4 Å². The highest BCUT2D eigenvalue weighted by Crippen LogP contribution is 2.32. The van der Waals surface area contributed by atoms with E-state index in [1.54, 1.807) is 11.0 Å². The highest BCUT2D eigenvalue weighted by atomic mass is 16.6. The predicted octanol–water partition coefficient (Wildman–Crippen LogP) is 3.50. The number of benzene rings is 2. The molecule has 9 nitrogen and oxygen atoms in total. The van der Waals surface area contributed by atoms with Crippen LogP contribution >= 0.6 is 0 Å². The molecule has 2 fully saturated rings. The number of carbonyl (C=O) groups excluding carboxylic acids is 2. The number of para-hydroxylation sites is 1. The quantitative estimate of drug-likeness (QED) is 0.480. The lowest BCUT2D eigenvalue weighted by Crippen LogP contribution is -2.56. The first-order valence-corrected chi connectivity index (χ1v) is 12.0. The van der Waals surface area contributed by atoms with E-state index in [1.807, 2.05) is 4.90 Å². The van der Waals surface area contributed by atoms with Gasteiger partial charge in [0.1, 0.15) is 5.56 Å². The Labute approximate surface area is 205 Å². The van der Waals surface area contributed by atoms with Crippen molar-refractivity contribution in [3.8, 4) is 5.75 Å². The molecule has 0 bridgehead atoms. The molecular weight excluding hydrogens is 448 g/mol. The summed E-state index contributed by atoms with van der Waals surface area (Å²) in [5.41, 5.74) is 2.02. The second-order valence-electron chi connectivity index (χ2n) is 9.37. The summed E-state index contributed by atoms with van der Waals surface area (Å²) in [6, 6.07) is 13.0. The molecule has 186 valence electrons. The molecule has 0 radical (unpaired) electrons. The number of aryl methyl sites for hydroxylation is 1. The molecule has 0 aromatic heterocycles. The van der Waals surface area contributed by atoms with Gasteiger partial charge in [-0.15, -0.1) is 0 Å². The third-order valence-corrected chi connectivity index (χ3v) is 6.96. The van der Waals surface area contributed by atoms with Crippen LogP contribution in [0.4, 0.5) is 11.4 Å². The Morgan fingerprint density at radius 2 is 1.83 bits per heavy atom. The molecule has 2 aromatic carbocycles. The maximum absolute atomic E-state index is 13.4. The molecule has 2 unspecified atom stereocenters. The van der Waals surface area contributed by atoms with Crippen molar-refractivity contribution in [3.63, 3.8) is 0 Å². The normalized spacial score (nSPS) is 20.5. The highest BCUT2D eigenvalue weighted by Gasteiger charge is 2.36. The Morgan fingerprint density at radius 1 is 1.06 bits per heavy atom. The molecule has 2 heterocycles. The fourth-order valence-electron chi connectivity index (χ4n) is 5.19.